The number of sulfonamides is 1. The minimum atomic E-state index is -3.82. The van der Waals surface area contributed by atoms with E-state index < -0.39 is 26.5 Å². The minimum absolute atomic E-state index is 0.244. The summed E-state index contributed by atoms with van der Waals surface area (Å²) >= 11 is 0. The van der Waals surface area contributed by atoms with E-state index in [4.69, 9.17) is 0 Å². The molecule has 0 atom stereocenters. The predicted octanol–water partition coefficient (Wildman–Crippen LogP) is 2.54. The van der Waals surface area contributed by atoms with Crippen LogP contribution in [0.15, 0.2) is 23.1 Å². The lowest BCUT2D eigenvalue weighted by Gasteiger charge is -2.31. The molecule has 1 aromatic rings. The summed E-state index contributed by atoms with van der Waals surface area (Å²) in [7, 11) is -3.82. The molecular formula is C13H17FN2O4S. The minimum Gasteiger partial charge on any atom is -0.258 e. The molecule has 0 spiro atoms. The van der Waals surface area contributed by atoms with Gasteiger partial charge in [0.1, 0.15) is 0 Å². The maximum atomic E-state index is 13.6. The second-order valence-electron chi connectivity index (χ2n) is 5.12. The average molecular weight is 316 g/mol. The zero-order valence-electron chi connectivity index (χ0n) is 11.7. The Labute approximate surface area is 122 Å². The van der Waals surface area contributed by atoms with E-state index in [2.05, 4.69) is 0 Å². The number of hydrogen-bond acceptors (Lipinski definition) is 4. The van der Waals surface area contributed by atoms with Crippen LogP contribution in [0.3, 0.4) is 0 Å². The van der Waals surface area contributed by atoms with Crippen molar-refractivity contribution in [3.63, 3.8) is 0 Å². The highest BCUT2D eigenvalue weighted by Gasteiger charge is 2.29. The average Bonchev–Trinajstić information content (AvgIpc) is 2.36. The summed E-state index contributed by atoms with van der Waals surface area (Å²) in [6, 6.07) is 2.69. The lowest BCUT2D eigenvalue weighted by molar-refractivity contribution is -0.387. The molecule has 1 saturated carbocycles. The number of halogens is 1. The molecule has 2 rings (SSSR count). The van der Waals surface area contributed by atoms with Crippen molar-refractivity contribution in [3.05, 3.63) is 34.1 Å². The van der Waals surface area contributed by atoms with Crippen molar-refractivity contribution in [2.75, 3.05) is 13.1 Å². The van der Waals surface area contributed by atoms with Crippen molar-refractivity contribution in [3.8, 4) is 0 Å². The summed E-state index contributed by atoms with van der Waals surface area (Å²) in [5.74, 6) is -0.789. The van der Waals surface area contributed by atoms with Gasteiger partial charge in [0.05, 0.1) is 9.82 Å². The van der Waals surface area contributed by atoms with Crippen molar-refractivity contribution in [1.29, 1.82) is 0 Å². The fourth-order valence-electron chi connectivity index (χ4n) is 2.31. The second kappa shape index (κ2) is 6.07. The van der Waals surface area contributed by atoms with Gasteiger partial charge in [-0.25, -0.2) is 8.42 Å². The van der Waals surface area contributed by atoms with Crippen LogP contribution in [0.2, 0.25) is 0 Å². The van der Waals surface area contributed by atoms with Crippen molar-refractivity contribution in [2.45, 2.75) is 31.1 Å². The molecule has 0 unspecified atom stereocenters. The van der Waals surface area contributed by atoms with Crippen LogP contribution >= 0.6 is 0 Å². The molecular weight excluding hydrogens is 299 g/mol. The first-order valence-electron chi connectivity index (χ1n) is 6.80. The molecule has 1 aliphatic rings. The third-order valence-corrected chi connectivity index (χ3v) is 5.73. The topological polar surface area (TPSA) is 80.5 Å². The summed E-state index contributed by atoms with van der Waals surface area (Å²) < 4.78 is 39.8. The smallest absolute Gasteiger partial charge is 0.258 e. The van der Waals surface area contributed by atoms with E-state index in [1.54, 1.807) is 6.92 Å². The molecule has 21 heavy (non-hydrogen) atoms. The summed E-state index contributed by atoms with van der Waals surface area (Å²) in [6.45, 7) is 2.42. The van der Waals surface area contributed by atoms with Crippen molar-refractivity contribution in [1.82, 2.24) is 4.31 Å². The van der Waals surface area contributed by atoms with Crippen LogP contribution in [0.5, 0.6) is 0 Å². The zero-order chi connectivity index (χ0) is 15.6. The summed E-state index contributed by atoms with van der Waals surface area (Å²) in [5, 5.41) is 10.6. The van der Waals surface area contributed by atoms with Gasteiger partial charge in [0.2, 0.25) is 15.8 Å². The van der Waals surface area contributed by atoms with Crippen molar-refractivity contribution in [2.24, 2.45) is 5.92 Å². The van der Waals surface area contributed by atoms with Gasteiger partial charge < -0.3 is 0 Å². The molecule has 0 saturated heterocycles. The molecule has 0 amide bonds. The first-order chi connectivity index (χ1) is 9.86. The lowest BCUT2D eigenvalue weighted by atomic mass is 9.85. The number of hydrogen-bond donors (Lipinski definition) is 0. The Kier molecular flexibility index (Phi) is 4.58. The third-order valence-electron chi connectivity index (χ3n) is 3.79. The normalized spacial score (nSPS) is 16.0. The number of rotatable bonds is 6. The summed E-state index contributed by atoms with van der Waals surface area (Å²) in [4.78, 5) is 9.45. The first kappa shape index (κ1) is 15.8. The third kappa shape index (κ3) is 3.21. The van der Waals surface area contributed by atoms with Gasteiger partial charge in [-0.1, -0.05) is 13.3 Å². The molecule has 0 N–H and O–H groups in total. The van der Waals surface area contributed by atoms with Crippen LogP contribution in [-0.4, -0.2) is 30.7 Å². The first-order valence-corrected chi connectivity index (χ1v) is 8.24. The Morgan fingerprint density at radius 1 is 1.43 bits per heavy atom. The van der Waals surface area contributed by atoms with Crippen LogP contribution in [0, 0.1) is 21.8 Å². The lowest BCUT2D eigenvalue weighted by Crippen LogP contribution is -2.37. The molecule has 0 bridgehead atoms. The molecule has 0 heterocycles. The predicted molar refractivity (Wildman–Crippen MR) is 74.8 cm³/mol. The monoisotopic (exact) mass is 316 g/mol. The van der Waals surface area contributed by atoms with E-state index in [-0.39, 0.29) is 11.4 Å². The van der Waals surface area contributed by atoms with E-state index in [0.717, 1.165) is 37.5 Å². The number of nitro benzene ring substituents is 1. The van der Waals surface area contributed by atoms with Crippen LogP contribution in [0.1, 0.15) is 26.2 Å². The van der Waals surface area contributed by atoms with Gasteiger partial charge in [-0.15, -0.1) is 0 Å². The molecule has 116 valence electrons. The van der Waals surface area contributed by atoms with Crippen LogP contribution in [0.4, 0.5) is 10.1 Å². The fraction of sp³-hybridized carbons (Fsp3) is 0.538. The quantitative estimate of drug-likeness (QED) is 0.596. The van der Waals surface area contributed by atoms with Crippen LogP contribution in [0.25, 0.3) is 0 Å². The molecule has 0 aliphatic heterocycles. The van der Waals surface area contributed by atoms with Gasteiger partial charge in [0.15, 0.2) is 0 Å². The number of nitrogens with zero attached hydrogens (tertiary/aromatic N) is 2. The summed E-state index contributed by atoms with van der Waals surface area (Å²) in [5.41, 5.74) is -0.726. The van der Waals surface area contributed by atoms with Gasteiger partial charge in [-0.3, -0.25) is 10.1 Å². The Balaban J connectivity index is 2.28. The largest absolute Gasteiger partial charge is 0.304 e. The fourth-order valence-corrected chi connectivity index (χ4v) is 3.84. The highest BCUT2D eigenvalue weighted by atomic mass is 32.2. The van der Waals surface area contributed by atoms with E-state index in [9.17, 15) is 22.9 Å². The molecule has 1 aliphatic carbocycles. The maximum Gasteiger partial charge on any atom is 0.304 e. The van der Waals surface area contributed by atoms with E-state index in [0.29, 0.717) is 12.5 Å². The summed E-state index contributed by atoms with van der Waals surface area (Å²) in [6.07, 6.45) is 3.11. The molecule has 1 fully saturated rings. The highest BCUT2D eigenvalue weighted by Crippen LogP contribution is 2.30. The van der Waals surface area contributed by atoms with E-state index in [1.807, 2.05) is 0 Å². The Morgan fingerprint density at radius 2 is 2.10 bits per heavy atom. The molecule has 6 nitrogen and oxygen atoms in total. The number of benzene rings is 1. The van der Waals surface area contributed by atoms with Crippen LogP contribution < -0.4 is 0 Å². The maximum absolute atomic E-state index is 13.6. The van der Waals surface area contributed by atoms with Gasteiger partial charge in [-0.2, -0.15) is 8.70 Å². The van der Waals surface area contributed by atoms with Crippen molar-refractivity contribution >= 4 is 15.7 Å². The molecule has 0 aromatic heterocycles. The van der Waals surface area contributed by atoms with Gasteiger partial charge in [0.25, 0.3) is 0 Å². The highest BCUT2D eigenvalue weighted by molar-refractivity contribution is 7.89. The van der Waals surface area contributed by atoms with Gasteiger partial charge in [0, 0.05) is 25.2 Å². The molecule has 8 heteroatoms. The SMILES string of the molecule is CCN(CC1CCC1)S(=O)(=O)c1ccc([N+](=O)[O-])c(F)c1. The van der Waals surface area contributed by atoms with Crippen LogP contribution in [-0.2, 0) is 10.0 Å². The van der Waals surface area contributed by atoms with Crippen molar-refractivity contribution < 1.29 is 17.7 Å². The number of nitro groups is 1. The Hall–Kier alpha value is -1.54. The Morgan fingerprint density at radius 3 is 2.52 bits per heavy atom. The zero-order valence-corrected chi connectivity index (χ0v) is 12.5. The Bertz CT molecular complexity index is 644. The second-order valence-corrected chi connectivity index (χ2v) is 7.06. The standard InChI is InChI=1S/C13H17FN2O4S/c1-2-15(9-10-4-3-5-10)21(19,20)11-6-7-13(16(17)18)12(14)8-11/h6-8,10H,2-5,9H2,1H3. The van der Waals surface area contributed by atoms with E-state index >= 15 is 0 Å². The van der Waals surface area contributed by atoms with E-state index in [1.165, 1.54) is 4.31 Å². The van der Waals surface area contributed by atoms with Gasteiger partial charge in [-0.05, 0) is 24.8 Å². The van der Waals surface area contributed by atoms with Gasteiger partial charge >= 0.3 is 5.69 Å². The molecule has 1 aromatic carbocycles. The molecule has 0 radical (unpaired) electrons.